The number of hydrogen-bond donors (Lipinski definition) is 3. The molecule has 0 amide bonds. The molecule has 0 fully saturated rings. The van der Waals surface area contributed by atoms with Crippen molar-refractivity contribution < 1.29 is 17.7 Å². The molecule has 0 radical (unpaired) electrons. The van der Waals surface area contributed by atoms with Crippen molar-refractivity contribution in [2.45, 2.75) is 45.4 Å². The van der Waals surface area contributed by atoms with Crippen molar-refractivity contribution in [1.29, 1.82) is 0 Å². The van der Waals surface area contributed by atoms with Gasteiger partial charge in [0.1, 0.15) is 0 Å². The molecule has 6 nitrogen and oxygen atoms in total. The Balaban J connectivity index is 3.03. The Morgan fingerprint density at radius 3 is 2.24 bits per heavy atom. The van der Waals surface area contributed by atoms with Crippen LogP contribution in [0.5, 0.6) is 0 Å². The minimum Gasteiger partial charge on any atom is -0.380 e. The van der Waals surface area contributed by atoms with Crippen LogP contribution in [0.15, 0.2) is 0 Å². The fourth-order valence-corrected chi connectivity index (χ4v) is 2.32. The van der Waals surface area contributed by atoms with Crippen molar-refractivity contribution in [2.24, 2.45) is 0 Å². The zero-order valence-electron chi connectivity index (χ0n) is 13.3. The maximum absolute atomic E-state index is 10.5. The van der Waals surface area contributed by atoms with Gasteiger partial charge in [-0.25, -0.2) is 0 Å². The minimum absolute atomic E-state index is 0.187. The summed E-state index contributed by atoms with van der Waals surface area (Å²) >= 11 is 0. The SMILES string of the molecule is CCCCNCCCCCOCCNCCCS(=O)(=O)O. The summed E-state index contributed by atoms with van der Waals surface area (Å²) in [6.07, 6.45) is 6.37. The van der Waals surface area contributed by atoms with E-state index in [-0.39, 0.29) is 5.75 Å². The Bertz CT molecular complexity index is 310. The molecule has 0 saturated carbocycles. The van der Waals surface area contributed by atoms with Gasteiger partial charge in [0.2, 0.25) is 0 Å². The lowest BCUT2D eigenvalue weighted by Gasteiger charge is -2.06. The molecule has 0 unspecified atom stereocenters. The molecule has 0 aliphatic carbocycles. The topological polar surface area (TPSA) is 87.7 Å². The molecule has 0 saturated heterocycles. The Morgan fingerprint density at radius 1 is 0.857 bits per heavy atom. The summed E-state index contributed by atoms with van der Waals surface area (Å²) in [5.41, 5.74) is 0. The zero-order valence-corrected chi connectivity index (χ0v) is 14.1. The quantitative estimate of drug-likeness (QED) is 0.294. The molecule has 0 aromatic carbocycles. The Labute approximate surface area is 129 Å². The van der Waals surface area contributed by atoms with Crippen LogP contribution in [0.3, 0.4) is 0 Å². The van der Waals surface area contributed by atoms with Crippen molar-refractivity contribution >= 4 is 10.1 Å². The van der Waals surface area contributed by atoms with Crippen LogP contribution < -0.4 is 10.6 Å². The molecule has 0 aliphatic rings. The van der Waals surface area contributed by atoms with Crippen molar-refractivity contribution in [3.05, 3.63) is 0 Å². The molecule has 0 rings (SSSR count). The summed E-state index contributed by atoms with van der Waals surface area (Å²) in [7, 11) is -3.82. The number of nitrogens with one attached hydrogen (secondary N) is 2. The van der Waals surface area contributed by atoms with Crippen LogP contribution in [-0.4, -0.2) is 58.1 Å². The Hall–Kier alpha value is -0.210. The standard InChI is InChI=1S/C14H32N2O4S/c1-2-3-8-15-9-5-4-6-12-20-13-11-16-10-7-14-21(17,18)19/h15-16H,2-14H2,1H3,(H,17,18,19). The highest BCUT2D eigenvalue weighted by Crippen LogP contribution is 1.95. The smallest absolute Gasteiger partial charge is 0.264 e. The molecule has 21 heavy (non-hydrogen) atoms. The summed E-state index contributed by atoms with van der Waals surface area (Å²) in [4.78, 5) is 0. The molecule has 128 valence electrons. The normalized spacial score (nSPS) is 11.9. The van der Waals surface area contributed by atoms with Crippen molar-refractivity contribution in [1.82, 2.24) is 10.6 Å². The number of rotatable bonds is 16. The molecule has 0 aliphatic heterocycles. The molecule has 0 bridgehead atoms. The summed E-state index contributed by atoms with van der Waals surface area (Å²) in [5.74, 6) is -0.187. The lowest BCUT2D eigenvalue weighted by atomic mass is 10.2. The monoisotopic (exact) mass is 324 g/mol. The minimum atomic E-state index is -3.82. The highest BCUT2D eigenvalue weighted by atomic mass is 32.2. The molecule has 0 atom stereocenters. The first-order valence-electron chi connectivity index (χ1n) is 8.00. The van der Waals surface area contributed by atoms with Crippen LogP contribution in [-0.2, 0) is 14.9 Å². The van der Waals surface area contributed by atoms with E-state index in [1.54, 1.807) is 0 Å². The van der Waals surface area contributed by atoms with E-state index >= 15 is 0 Å². The van der Waals surface area contributed by atoms with E-state index in [2.05, 4.69) is 17.6 Å². The molecular formula is C14H32N2O4S. The molecule has 3 N–H and O–H groups in total. The Morgan fingerprint density at radius 2 is 1.52 bits per heavy atom. The van der Waals surface area contributed by atoms with Crippen LogP contribution in [0.2, 0.25) is 0 Å². The van der Waals surface area contributed by atoms with Crippen LogP contribution in [0.25, 0.3) is 0 Å². The molecule has 0 aromatic rings. The van der Waals surface area contributed by atoms with Gasteiger partial charge >= 0.3 is 0 Å². The first-order valence-corrected chi connectivity index (χ1v) is 9.61. The van der Waals surface area contributed by atoms with Crippen LogP contribution >= 0.6 is 0 Å². The highest BCUT2D eigenvalue weighted by Gasteiger charge is 2.02. The van der Waals surface area contributed by atoms with E-state index in [9.17, 15) is 8.42 Å². The summed E-state index contributed by atoms with van der Waals surface area (Å²) in [6.45, 7) is 7.12. The predicted molar refractivity (Wildman–Crippen MR) is 86.4 cm³/mol. The van der Waals surface area contributed by atoms with Gasteiger partial charge < -0.3 is 15.4 Å². The molecule has 0 spiro atoms. The van der Waals surface area contributed by atoms with E-state index in [0.29, 0.717) is 26.1 Å². The van der Waals surface area contributed by atoms with Crippen molar-refractivity contribution in [3.63, 3.8) is 0 Å². The second-order valence-corrected chi connectivity index (χ2v) is 6.74. The Kier molecular flexibility index (Phi) is 14.6. The van der Waals surface area contributed by atoms with E-state index < -0.39 is 10.1 Å². The molecular weight excluding hydrogens is 292 g/mol. The largest absolute Gasteiger partial charge is 0.380 e. The lowest BCUT2D eigenvalue weighted by molar-refractivity contribution is 0.132. The summed E-state index contributed by atoms with van der Waals surface area (Å²) in [5, 5.41) is 6.49. The average molecular weight is 324 g/mol. The van der Waals surface area contributed by atoms with Crippen LogP contribution in [0, 0.1) is 0 Å². The fourth-order valence-electron chi connectivity index (χ4n) is 1.81. The number of unbranched alkanes of at least 4 members (excludes halogenated alkanes) is 3. The second-order valence-electron chi connectivity index (χ2n) is 5.17. The lowest BCUT2D eigenvalue weighted by Crippen LogP contribution is -2.23. The van der Waals surface area contributed by atoms with Crippen LogP contribution in [0.4, 0.5) is 0 Å². The van der Waals surface area contributed by atoms with Gasteiger partial charge in [0.05, 0.1) is 12.4 Å². The highest BCUT2D eigenvalue weighted by molar-refractivity contribution is 7.85. The third-order valence-electron chi connectivity index (χ3n) is 3.03. The number of ether oxygens (including phenoxy) is 1. The predicted octanol–water partition coefficient (Wildman–Crippen LogP) is 1.43. The van der Waals surface area contributed by atoms with Gasteiger partial charge in [-0.1, -0.05) is 13.3 Å². The van der Waals surface area contributed by atoms with Gasteiger partial charge in [-0.05, 0) is 51.7 Å². The maximum Gasteiger partial charge on any atom is 0.264 e. The van der Waals surface area contributed by atoms with E-state index in [1.807, 2.05) is 0 Å². The summed E-state index contributed by atoms with van der Waals surface area (Å²) in [6, 6.07) is 0. The summed E-state index contributed by atoms with van der Waals surface area (Å²) < 4.78 is 34.9. The molecule has 0 heterocycles. The second kappa shape index (κ2) is 14.7. The average Bonchev–Trinajstić information content (AvgIpc) is 2.42. The van der Waals surface area contributed by atoms with Gasteiger partial charge in [-0.3, -0.25) is 4.55 Å². The van der Waals surface area contributed by atoms with E-state index in [1.165, 1.54) is 25.7 Å². The van der Waals surface area contributed by atoms with Gasteiger partial charge in [-0.15, -0.1) is 0 Å². The van der Waals surface area contributed by atoms with E-state index in [4.69, 9.17) is 9.29 Å². The van der Waals surface area contributed by atoms with Crippen molar-refractivity contribution in [2.75, 3.05) is 45.1 Å². The zero-order chi connectivity index (χ0) is 15.8. The third kappa shape index (κ3) is 19.8. The maximum atomic E-state index is 10.5. The first-order chi connectivity index (χ1) is 10.1. The molecule has 7 heteroatoms. The van der Waals surface area contributed by atoms with Gasteiger partial charge in [0, 0.05) is 13.2 Å². The van der Waals surface area contributed by atoms with Crippen LogP contribution in [0.1, 0.15) is 45.4 Å². The van der Waals surface area contributed by atoms with Gasteiger partial charge in [0.15, 0.2) is 0 Å². The van der Waals surface area contributed by atoms with Crippen molar-refractivity contribution in [3.8, 4) is 0 Å². The number of hydrogen-bond acceptors (Lipinski definition) is 5. The molecule has 0 aromatic heterocycles. The first kappa shape index (κ1) is 20.8. The third-order valence-corrected chi connectivity index (χ3v) is 3.83. The van der Waals surface area contributed by atoms with Gasteiger partial charge in [-0.2, -0.15) is 8.42 Å². The van der Waals surface area contributed by atoms with E-state index in [0.717, 1.165) is 26.1 Å². The fraction of sp³-hybridized carbons (Fsp3) is 1.00. The van der Waals surface area contributed by atoms with Gasteiger partial charge in [0.25, 0.3) is 10.1 Å².